The number of ether oxygens (including phenoxy) is 2. The first-order valence-corrected chi connectivity index (χ1v) is 24.8. The van der Waals surface area contributed by atoms with E-state index in [1.54, 1.807) is 0 Å². The number of allylic oxidation sites excluding steroid dienone is 8. The van der Waals surface area contributed by atoms with E-state index in [2.05, 4.69) is 62.5 Å². The van der Waals surface area contributed by atoms with Gasteiger partial charge >= 0.3 is 11.9 Å². The summed E-state index contributed by atoms with van der Waals surface area (Å²) in [4.78, 5) is 37.6. The fraction of sp³-hybridized carbons (Fsp3) is 0.792. The van der Waals surface area contributed by atoms with Crippen LogP contribution in [0.15, 0.2) is 48.6 Å². The third kappa shape index (κ3) is 43.5. The van der Waals surface area contributed by atoms with Gasteiger partial charge in [-0.05, 0) is 51.4 Å². The topological polar surface area (TPSA) is 111 Å². The Balaban J connectivity index is 4.31. The number of phosphoric ester groups is 1. The molecule has 0 heterocycles. The van der Waals surface area contributed by atoms with Crippen LogP contribution < -0.4 is 4.89 Å². The van der Waals surface area contributed by atoms with Crippen molar-refractivity contribution in [3.63, 3.8) is 0 Å². The molecule has 58 heavy (non-hydrogen) atoms. The Morgan fingerprint density at radius 3 is 1.47 bits per heavy atom. The summed E-state index contributed by atoms with van der Waals surface area (Å²) >= 11 is 0. The molecular formula is C48H88NO8P. The molecule has 0 aromatic rings. The SMILES string of the molecule is CC/C=C\C/C=C\C/C=C\C/C=C\CCCCCCCCCCC(=O)OC(COC(=O)CCCCCCCCCCCCCCC)COP(=O)([O-])OCC[N+](C)(C)C. The van der Waals surface area contributed by atoms with Crippen molar-refractivity contribution in [2.45, 2.75) is 200 Å². The van der Waals surface area contributed by atoms with E-state index in [0.717, 1.165) is 70.6 Å². The highest BCUT2D eigenvalue weighted by atomic mass is 31.2. The number of carbonyl (C=O) groups is 2. The van der Waals surface area contributed by atoms with E-state index in [1.807, 2.05) is 21.1 Å². The lowest BCUT2D eigenvalue weighted by Crippen LogP contribution is -2.37. The van der Waals surface area contributed by atoms with E-state index < -0.39 is 26.5 Å². The predicted octanol–water partition coefficient (Wildman–Crippen LogP) is 12.8. The Labute approximate surface area is 356 Å². The van der Waals surface area contributed by atoms with Gasteiger partial charge in [0.2, 0.25) is 0 Å². The number of quaternary nitrogens is 1. The fourth-order valence-electron chi connectivity index (χ4n) is 6.23. The molecule has 0 amide bonds. The van der Waals surface area contributed by atoms with E-state index in [-0.39, 0.29) is 32.0 Å². The minimum absolute atomic E-state index is 0.0329. The van der Waals surface area contributed by atoms with Gasteiger partial charge in [-0.25, -0.2) is 0 Å². The third-order valence-corrected chi connectivity index (χ3v) is 10.8. The molecule has 0 N–H and O–H groups in total. The van der Waals surface area contributed by atoms with Crippen LogP contribution >= 0.6 is 7.82 Å². The third-order valence-electron chi connectivity index (χ3n) is 9.86. The van der Waals surface area contributed by atoms with Gasteiger partial charge in [-0.1, -0.05) is 178 Å². The molecule has 0 saturated heterocycles. The first-order chi connectivity index (χ1) is 28.0. The van der Waals surface area contributed by atoms with Crippen molar-refractivity contribution in [2.75, 3.05) is 47.5 Å². The van der Waals surface area contributed by atoms with Crippen molar-refractivity contribution in [3.05, 3.63) is 48.6 Å². The second-order valence-corrected chi connectivity index (χ2v) is 18.2. The zero-order valence-corrected chi connectivity index (χ0v) is 38.9. The highest BCUT2D eigenvalue weighted by molar-refractivity contribution is 7.45. The zero-order valence-electron chi connectivity index (χ0n) is 38.0. The van der Waals surface area contributed by atoms with Gasteiger partial charge in [-0.15, -0.1) is 0 Å². The van der Waals surface area contributed by atoms with Gasteiger partial charge in [0.25, 0.3) is 7.82 Å². The predicted molar refractivity (Wildman–Crippen MR) is 240 cm³/mol. The molecule has 0 aromatic heterocycles. The van der Waals surface area contributed by atoms with Crippen LogP contribution in [0, 0.1) is 0 Å². The van der Waals surface area contributed by atoms with Gasteiger partial charge in [-0.2, -0.15) is 0 Å². The average molecular weight is 838 g/mol. The van der Waals surface area contributed by atoms with Crippen LogP contribution in [0.3, 0.4) is 0 Å². The minimum Gasteiger partial charge on any atom is -0.756 e. The smallest absolute Gasteiger partial charge is 0.306 e. The van der Waals surface area contributed by atoms with Crippen molar-refractivity contribution < 1.29 is 42.1 Å². The van der Waals surface area contributed by atoms with Crippen molar-refractivity contribution in [1.82, 2.24) is 0 Å². The van der Waals surface area contributed by atoms with Crippen LogP contribution in [-0.2, 0) is 32.7 Å². The van der Waals surface area contributed by atoms with E-state index in [1.165, 1.54) is 89.9 Å². The number of likely N-dealkylation sites (N-methyl/N-ethyl adjacent to an activating group) is 1. The minimum atomic E-state index is -4.63. The molecule has 2 unspecified atom stereocenters. The Bertz CT molecular complexity index is 1130. The fourth-order valence-corrected chi connectivity index (χ4v) is 6.96. The molecule has 0 fully saturated rings. The molecule has 0 spiro atoms. The van der Waals surface area contributed by atoms with Crippen molar-refractivity contribution in [1.29, 1.82) is 0 Å². The molecule has 338 valence electrons. The van der Waals surface area contributed by atoms with Crippen LogP contribution in [-0.4, -0.2) is 70.0 Å². The first-order valence-electron chi connectivity index (χ1n) is 23.3. The second kappa shape index (κ2) is 40.4. The monoisotopic (exact) mass is 838 g/mol. The van der Waals surface area contributed by atoms with Gasteiger partial charge in [-0.3, -0.25) is 14.2 Å². The molecule has 0 aromatic carbocycles. The molecule has 10 heteroatoms. The molecule has 9 nitrogen and oxygen atoms in total. The number of carbonyl (C=O) groups excluding carboxylic acids is 2. The standard InChI is InChI=1S/C48H88NO8P/c1-6-8-10-12-14-16-18-20-21-22-23-24-25-26-27-29-31-33-35-37-39-41-48(51)57-46(45-56-58(52,53)55-43-42-49(3,4)5)44-54-47(50)40-38-36-34-32-30-28-19-17-15-13-11-9-7-2/h8,10,14,16,20-21,23-24,46H,6-7,9,11-13,15,17-19,22,25-45H2,1-5H3/b10-8-,16-14-,21-20-,24-23-. The normalized spacial score (nSPS) is 14.0. The lowest BCUT2D eigenvalue weighted by Gasteiger charge is -2.28. The summed E-state index contributed by atoms with van der Waals surface area (Å²) in [6, 6.07) is 0. The largest absolute Gasteiger partial charge is 0.756 e. The molecule has 0 rings (SSSR count). The zero-order chi connectivity index (χ0) is 42.8. The molecular weight excluding hydrogens is 750 g/mol. The van der Waals surface area contributed by atoms with Crippen LogP contribution in [0.4, 0.5) is 0 Å². The molecule has 2 atom stereocenters. The number of hydrogen-bond acceptors (Lipinski definition) is 8. The Hall–Kier alpha value is -2.03. The van der Waals surface area contributed by atoms with Crippen LogP contribution in [0.25, 0.3) is 0 Å². The van der Waals surface area contributed by atoms with Gasteiger partial charge in [0.15, 0.2) is 6.10 Å². The Morgan fingerprint density at radius 2 is 0.983 bits per heavy atom. The van der Waals surface area contributed by atoms with Crippen molar-refractivity contribution >= 4 is 19.8 Å². The number of esters is 2. The number of hydrogen-bond donors (Lipinski definition) is 0. The van der Waals surface area contributed by atoms with Crippen LogP contribution in [0.2, 0.25) is 0 Å². The first kappa shape index (κ1) is 56.0. The van der Waals surface area contributed by atoms with E-state index >= 15 is 0 Å². The quantitative estimate of drug-likeness (QED) is 0.0196. The molecule has 0 radical (unpaired) electrons. The van der Waals surface area contributed by atoms with Gasteiger partial charge in [0.1, 0.15) is 19.8 Å². The summed E-state index contributed by atoms with van der Waals surface area (Å²) in [6.07, 6.45) is 47.0. The summed E-state index contributed by atoms with van der Waals surface area (Å²) < 4.78 is 33.9. The van der Waals surface area contributed by atoms with E-state index in [9.17, 15) is 19.0 Å². The lowest BCUT2D eigenvalue weighted by atomic mass is 10.0. The number of phosphoric acid groups is 1. The number of rotatable bonds is 42. The summed E-state index contributed by atoms with van der Waals surface area (Å²) in [5, 5.41) is 0. The van der Waals surface area contributed by atoms with Crippen molar-refractivity contribution in [2.24, 2.45) is 0 Å². The van der Waals surface area contributed by atoms with Gasteiger partial charge in [0, 0.05) is 12.8 Å². The Kier molecular flexibility index (Phi) is 39.0. The van der Waals surface area contributed by atoms with Crippen molar-refractivity contribution in [3.8, 4) is 0 Å². The lowest BCUT2D eigenvalue weighted by molar-refractivity contribution is -0.870. The van der Waals surface area contributed by atoms with E-state index in [0.29, 0.717) is 17.4 Å². The summed E-state index contributed by atoms with van der Waals surface area (Å²) in [5.41, 5.74) is 0. The van der Waals surface area contributed by atoms with Gasteiger partial charge < -0.3 is 27.9 Å². The number of unbranched alkanes of at least 4 members (excludes halogenated alkanes) is 20. The average Bonchev–Trinajstić information content (AvgIpc) is 3.17. The molecule has 0 aliphatic carbocycles. The molecule has 0 saturated carbocycles. The maximum absolute atomic E-state index is 12.7. The Morgan fingerprint density at radius 1 is 0.552 bits per heavy atom. The summed E-state index contributed by atoms with van der Waals surface area (Å²) in [6.45, 7) is 4.11. The molecule has 0 aliphatic rings. The molecule has 0 bridgehead atoms. The van der Waals surface area contributed by atoms with Gasteiger partial charge in [0.05, 0.1) is 27.7 Å². The molecule has 0 aliphatic heterocycles. The van der Waals surface area contributed by atoms with Crippen LogP contribution in [0.1, 0.15) is 194 Å². The maximum Gasteiger partial charge on any atom is 0.306 e. The highest BCUT2D eigenvalue weighted by Gasteiger charge is 2.21. The maximum atomic E-state index is 12.7. The highest BCUT2D eigenvalue weighted by Crippen LogP contribution is 2.38. The summed E-state index contributed by atoms with van der Waals surface area (Å²) in [7, 11) is 1.16. The second-order valence-electron chi connectivity index (χ2n) is 16.7. The number of nitrogens with zero attached hydrogens (tertiary/aromatic N) is 1. The van der Waals surface area contributed by atoms with Crippen LogP contribution in [0.5, 0.6) is 0 Å². The summed E-state index contributed by atoms with van der Waals surface area (Å²) in [5.74, 6) is -0.841. The van der Waals surface area contributed by atoms with E-state index in [4.69, 9.17) is 18.5 Å².